The topological polar surface area (TPSA) is 53.2 Å². The van der Waals surface area contributed by atoms with Crippen LogP contribution in [0, 0.1) is 5.92 Å². The Bertz CT molecular complexity index is 597. The van der Waals surface area contributed by atoms with Crippen LogP contribution < -0.4 is 16.2 Å². The summed E-state index contributed by atoms with van der Waals surface area (Å²) < 4.78 is 0. The molecule has 1 amide bonds. The Labute approximate surface area is 157 Å². The Hall–Kier alpha value is -1.39. The highest BCUT2D eigenvalue weighted by Crippen LogP contribution is 2.40. The van der Waals surface area contributed by atoms with E-state index in [9.17, 15) is 4.79 Å². The summed E-state index contributed by atoms with van der Waals surface area (Å²) in [6, 6.07) is 11.9. The van der Waals surface area contributed by atoms with Gasteiger partial charge < -0.3 is 5.32 Å². The molecule has 1 saturated heterocycles. The van der Waals surface area contributed by atoms with Crippen molar-refractivity contribution >= 4 is 5.91 Å². The minimum absolute atomic E-state index is 0.151. The maximum absolute atomic E-state index is 12.5. The number of nitrogens with one attached hydrogen (secondary N) is 3. The van der Waals surface area contributed by atoms with Crippen LogP contribution in [0.5, 0.6) is 0 Å². The first-order chi connectivity index (χ1) is 12.8. The number of rotatable bonds is 6. The molecule has 3 N–H and O–H groups in total. The molecule has 1 aliphatic heterocycles. The van der Waals surface area contributed by atoms with E-state index in [1.54, 1.807) is 0 Å². The van der Waals surface area contributed by atoms with E-state index in [-0.39, 0.29) is 11.3 Å². The number of hydrogen-bond acceptors (Lipinski definition) is 3. The SMILES string of the molecule is O=C(CCC1NNC2CCCCC21)NCC1(c2ccccc2)CCCC1. The second-order valence-corrected chi connectivity index (χ2v) is 8.62. The molecule has 2 saturated carbocycles. The van der Waals surface area contributed by atoms with Crippen molar-refractivity contribution < 1.29 is 4.79 Å². The lowest BCUT2D eigenvalue weighted by molar-refractivity contribution is -0.121. The maximum atomic E-state index is 12.5. The van der Waals surface area contributed by atoms with Crippen LogP contribution >= 0.6 is 0 Å². The lowest BCUT2D eigenvalue weighted by atomic mass is 9.78. The third kappa shape index (κ3) is 3.81. The molecular weight excluding hydrogens is 322 g/mol. The fraction of sp³-hybridized carbons (Fsp3) is 0.682. The fourth-order valence-corrected chi connectivity index (χ4v) is 5.48. The third-order valence-electron chi connectivity index (χ3n) is 7.04. The van der Waals surface area contributed by atoms with Gasteiger partial charge in [0, 0.05) is 30.5 Å². The number of amides is 1. The van der Waals surface area contributed by atoms with Gasteiger partial charge in [-0.25, -0.2) is 0 Å². The van der Waals surface area contributed by atoms with Crippen LogP contribution in [0.4, 0.5) is 0 Å². The number of hydrazine groups is 1. The largest absolute Gasteiger partial charge is 0.355 e. The average molecular weight is 356 g/mol. The molecule has 3 fully saturated rings. The normalized spacial score (nSPS) is 30.1. The van der Waals surface area contributed by atoms with E-state index < -0.39 is 0 Å². The van der Waals surface area contributed by atoms with E-state index in [1.807, 2.05) is 0 Å². The summed E-state index contributed by atoms with van der Waals surface area (Å²) in [7, 11) is 0. The van der Waals surface area contributed by atoms with Gasteiger partial charge in [-0.1, -0.05) is 56.0 Å². The van der Waals surface area contributed by atoms with Gasteiger partial charge in [-0.15, -0.1) is 0 Å². The zero-order chi connectivity index (χ0) is 17.8. The van der Waals surface area contributed by atoms with Gasteiger partial charge in [0.1, 0.15) is 0 Å². The van der Waals surface area contributed by atoms with Gasteiger partial charge in [0.15, 0.2) is 0 Å². The quantitative estimate of drug-likeness (QED) is 0.733. The molecule has 2 aliphatic carbocycles. The Morgan fingerprint density at radius 3 is 2.62 bits per heavy atom. The van der Waals surface area contributed by atoms with Crippen molar-refractivity contribution in [1.29, 1.82) is 0 Å². The monoisotopic (exact) mass is 355 g/mol. The molecule has 142 valence electrons. The molecule has 0 bridgehead atoms. The van der Waals surface area contributed by atoms with E-state index in [4.69, 9.17) is 0 Å². The molecule has 3 atom stereocenters. The van der Waals surface area contributed by atoms with Crippen molar-refractivity contribution in [3.8, 4) is 0 Å². The molecule has 1 heterocycles. The van der Waals surface area contributed by atoms with Crippen molar-refractivity contribution in [2.45, 2.75) is 81.7 Å². The minimum atomic E-state index is 0.151. The van der Waals surface area contributed by atoms with Gasteiger partial charge in [0.25, 0.3) is 0 Å². The van der Waals surface area contributed by atoms with Crippen LogP contribution in [0.25, 0.3) is 0 Å². The van der Waals surface area contributed by atoms with Crippen molar-refractivity contribution in [2.75, 3.05) is 6.54 Å². The molecule has 1 aromatic carbocycles. The van der Waals surface area contributed by atoms with Crippen LogP contribution in [0.1, 0.15) is 69.8 Å². The molecule has 0 aromatic heterocycles. The first-order valence-electron chi connectivity index (χ1n) is 10.6. The van der Waals surface area contributed by atoms with Crippen molar-refractivity contribution in [3.63, 3.8) is 0 Å². The van der Waals surface area contributed by atoms with Crippen LogP contribution in [-0.4, -0.2) is 24.5 Å². The van der Waals surface area contributed by atoms with Crippen LogP contribution in [0.3, 0.4) is 0 Å². The summed E-state index contributed by atoms with van der Waals surface area (Å²) in [5, 5.41) is 3.27. The summed E-state index contributed by atoms with van der Waals surface area (Å²) in [4.78, 5) is 12.5. The minimum Gasteiger partial charge on any atom is -0.355 e. The average Bonchev–Trinajstić information content (AvgIpc) is 3.33. The smallest absolute Gasteiger partial charge is 0.220 e. The Kier molecular flexibility index (Phi) is 5.60. The first-order valence-corrected chi connectivity index (χ1v) is 10.6. The zero-order valence-corrected chi connectivity index (χ0v) is 15.8. The Morgan fingerprint density at radius 2 is 1.81 bits per heavy atom. The van der Waals surface area contributed by atoms with Crippen LogP contribution in [0.15, 0.2) is 30.3 Å². The number of carbonyl (C=O) groups excluding carboxylic acids is 1. The lowest BCUT2D eigenvalue weighted by Gasteiger charge is -2.30. The van der Waals surface area contributed by atoms with E-state index in [0.717, 1.165) is 13.0 Å². The van der Waals surface area contributed by atoms with E-state index in [0.29, 0.717) is 24.4 Å². The zero-order valence-electron chi connectivity index (χ0n) is 15.8. The Morgan fingerprint density at radius 1 is 1.04 bits per heavy atom. The number of fused-ring (bicyclic) bond motifs is 1. The summed E-state index contributed by atoms with van der Waals surface area (Å²) in [6.07, 6.45) is 11.7. The van der Waals surface area contributed by atoms with Crippen molar-refractivity contribution in [2.24, 2.45) is 5.92 Å². The maximum Gasteiger partial charge on any atom is 0.220 e. The van der Waals surface area contributed by atoms with Crippen molar-refractivity contribution in [1.82, 2.24) is 16.2 Å². The standard InChI is InChI=1S/C22H33N3O/c26-21(13-12-20-18-10-4-5-11-19(18)24-25-20)23-16-22(14-6-7-15-22)17-8-2-1-3-9-17/h1-3,8-9,18-20,24-25H,4-7,10-16H2,(H,23,26). The predicted molar refractivity (Wildman–Crippen MR) is 105 cm³/mol. The third-order valence-corrected chi connectivity index (χ3v) is 7.04. The van der Waals surface area contributed by atoms with Gasteiger partial charge in [0.2, 0.25) is 5.91 Å². The Balaban J connectivity index is 1.28. The molecule has 0 radical (unpaired) electrons. The number of hydrogen-bond donors (Lipinski definition) is 3. The van der Waals surface area contributed by atoms with Gasteiger partial charge in [-0.3, -0.25) is 15.6 Å². The molecular formula is C22H33N3O. The van der Waals surface area contributed by atoms with Crippen LogP contribution in [0.2, 0.25) is 0 Å². The molecule has 4 nitrogen and oxygen atoms in total. The molecule has 26 heavy (non-hydrogen) atoms. The second-order valence-electron chi connectivity index (χ2n) is 8.62. The highest BCUT2D eigenvalue weighted by molar-refractivity contribution is 5.76. The summed E-state index contributed by atoms with van der Waals surface area (Å²) >= 11 is 0. The molecule has 4 rings (SSSR count). The fourth-order valence-electron chi connectivity index (χ4n) is 5.48. The number of carbonyl (C=O) groups is 1. The molecule has 0 spiro atoms. The van der Waals surface area contributed by atoms with Gasteiger partial charge in [-0.05, 0) is 43.6 Å². The van der Waals surface area contributed by atoms with Crippen molar-refractivity contribution in [3.05, 3.63) is 35.9 Å². The summed E-state index contributed by atoms with van der Waals surface area (Å²) in [6.45, 7) is 0.790. The number of benzene rings is 1. The van der Waals surface area contributed by atoms with E-state index in [1.165, 1.54) is 56.9 Å². The van der Waals surface area contributed by atoms with Gasteiger partial charge in [0.05, 0.1) is 0 Å². The molecule has 1 aromatic rings. The molecule has 3 unspecified atom stereocenters. The lowest BCUT2D eigenvalue weighted by Crippen LogP contribution is -2.40. The first kappa shape index (κ1) is 18.0. The molecule has 3 aliphatic rings. The predicted octanol–water partition coefficient (Wildman–Crippen LogP) is 3.43. The van der Waals surface area contributed by atoms with Crippen LogP contribution in [-0.2, 0) is 10.2 Å². The van der Waals surface area contributed by atoms with E-state index >= 15 is 0 Å². The summed E-state index contributed by atoms with van der Waals surface area (Å²) in [5.74, 6) is 0.926. The highest BCUT2D eigenvalue weighted by Gasteiger charge is 2.38. The highest BCUT2D eigenvalue weighted by atomic mass is 16.1. The second kappa shape index (κ2) is 8.10. The van der Waals surface area contributed by atoms with E-state index in [2.05, 4.69) is 46.5 Å². The molecule has 4 heteroatoms. The summed E-state index contributed by atoms with van der Waals surface area (Å²) in [5.41, 5.74) is 8.45. The van der Waals surface area contributed by atoms with Gasteiger partial charge >= 0.3 is 0 Å². The van der Waals surface area contributed by atoms with Gasteiger partial charge in [-0.2, -0.15) is 0 Å².